The fraction of sp³-hybridized carbons (Fsp3) is 0.300. The minimum atomic E-state index is -0.876. The molecule has 6 nitrogen and oxygen atoms in total. The van der Waals surface area contributed by atoms with E-state index in [1.54, 1.807) is 0 Å². The molecule has 0 saturated heterocycles. The standard InChI is InChI=1S/C10H9ClN2O4/c11-8-2-1-6(10(12)14)7-3-5(13(15)16)4-17-9(7)8/h1-2,5H,3-4H2,(H2,12,14)/t5-/m1/s1. The molecule has 1 atom stereocenters. The third-order valence-corrected chi connectivity index (χ3v) is 2.93. The van der Waals surface area contributed by atoms with Gasteiger partial charge in [-0.15, -0.1) is 0 Å². The molecule has 1 aromatic carbocycles. The van der Waals surface area contributed by atoms with Gasteiger partial charge in [0.15, 0.2) is 6.61 Å². The highest BCUT2D eigenvalue weighted by molar-refractivity contribution is 6.32. The summed E-state index contributed by atoms with van der Waals surface area (Å²) in [4.78, 5) is 21.5. The van der Waals surface area contributed by atoms with Crippen LogP contribution in [0.3, 0.4) is 0 Å². The molecular weight excluding hydrogens is 248 g/mol. The SMILES string of the molecule is NC(=O)c1ccc(Cl)c2c1C[C@@H]([N+](=O)[O-])CO2. The van der Waals surface area contributed by atoms with Crippen LogP contribution in [0.25, 0.3) is 0 Å². The first-order valence-electron chi connectivity index (χ1n) is 4.88. The Hall–Kier alpha value is -1.82. The second-order valence-electron chi connectivity index (χ2n) is 3.72. The third kappa shape index (κ3) is 2.03. The maximum atomic E-state index is 11.2. The molecule has 1 aliphatic heterocycles. The predicted octanol–water partition coefficient (Wildman–Crippen LogP) is 1.02. The fourth-order valence-corrected chi connectivity index (χ4v) is 2.03. The van der Waals surface area contributed by atoms with Gasteiger partial charge >= 0.3 is 0 Å². The van der Waals surface area contributed by atoms with Crippen molar-refractivity contribution in [1.82, 2.24) is 0 Å². The van der Waals surface area contributed by atoms with Crippen molar-refractivity contribution >= 4 is 17.5 Å². The molecule has 2 rings (SSSR count). The maximum absolute atomic E-state index is 11.2. The normalized spacial score (nSPS) is 18.1. The van der Waals surface area contributed by atoms with Gasteiger partial charge in [-0.2, -0.15) is 0 Å². The van der Waals surface area contributed by atoms with E-state index in [0.717, 1.165) is 0 Å². The van der Waals surface area contributed by atoms with Gasteiger partial charge in [-0.1, -0.05) is 11.6 Å². The van der Waals surface area contributed by atoms with Crippen molar-refractivity contribution in [2.45, 2.75) is 12.5 Å². The summed E-state index contributed by atoms with van der Waals surface area (Å²) in [7, 11) is 0. The Morgan fingerprint density at radius 2 is 2.29 bits per heavy atom. The lowest BCUT2D eigenvalue weighted by molar-refractivity contribution is -0.525. The van der Waals surface area contributed by atoms with E-state index in [4.69, 9.17) is 22.1 Å². The van der Waals surface area contributed by atoms with E-state index in [0.29, 0.717) is 16.3 Å². The molecule has 0 aliphatic carbocycles. The van der Waals surface area contributed by atoms with Crippen molar-refractivity contribution in [3.63, 3.8) is 0 Å². The Bertz CT molecular complexity index is 503. The van der Waals surface area contributed by atoms with E-state index in [1.165, 1.54) is 12.1 Å². The van der Waals surface area contributed by atoms with Gasteiger partial charge in [-0.3, -0.25) is 14.9 Å². The van der Waals surface area contributed by atoms with Gasteiger partial charge in [-0.25, -0.2) is 0 Å². The lowest BCUT2D eigenvalue weighted by atomic mass is 9.97. The monoisotopic (exact) mass is 256 g/mol. The largest absolute Gasteiger partial charge is 0.485 e. The zero-order valence-electron chi connectivity index (χ0n) is 8.68. The molecule has 0 spiro atoms. The van der Waals surface area contributed by atoms with Crippen LogP contribution in [0.15, 0.2) is 12.1 Å². The first-order valence-corrected chi connectivity index (χ1v) is 5.26. The molecule has 1 aliphatic rings. The Kier molecular flexibility index (Phi) is 2.89. The number of hydrogen-bond acceptors (Lipinski definition) is 4. The lowest BCUT2D eigenvalue weighted by Crippen LogP contribution is -2.34. The molecule has 17 heavy (non-hydrogen) atoms. The molecule has 2 N–H and O–H groups in total. The van der Waals surface area contributed by atoms with Crippen molar-refractivity contribution in [1.29, 1.82) is 0 Å². The number of carbonyl (C=O) groups is 1. The van der Waals surface area contributed by atoms with Gasteiger partial charge in [0.1, 0.15) is 5.75 Å². The summed E-state index contributed by atoms with van der Waals surface area (Å²) in [6.45, 7) is -0.0536. The number of ether oxygens (including phenoxy) is 1. The summed E-state index contributed by atoms with van der Waals surface area (Å²) >= 11 is 5.90. The number of benzene rings is 1. The molecule has 0 unspecified atom stereocenters. The zero-order valence-corrected chi connectivity index (χ0v) is 9.44. The molecule has 0 saturated carbocycles. The molecule has 90 valence electrons. The number of rotatable bonds is 2. The van der Waals surface area contributed by atoms with E-state index in [2.05, 4.69) is 0 Å². The fourth-order valence-electron chi connectivity index (χ4n) is 1.80. The minimum Gasteiger partial charge on any atom is -0.485 e. The Morgan fingerprint density at radius 3 is 2.88 bits per heavy atom. The molecule has 7 heteroatoms. The molecule has 1 aromatic rings. The van der Waals surface area contributed by atoms with E-state index in [1.807, 2.05) is 0 Å². The average molecular weight is 257 g/mol. The molecule has 0 radical (unpaired) electrons. The van der Waals surface area contributed by atoms with Gasteiger partial charge in [0.25, 0.3) is 6.04 Å². The number of halogens is 1. The third-order valence-electron chi connectivity index (χ3n) is 2.64. The molecule has 0 fully saturated rings. The summed E-state index contributed by atoms with van der Waals surface area (Å²) in [6.07, 6.45) is 0.0984. The van der Waals surface area contributed by atoms with E-state index < -0.39 is 16.9 Å². The number of hydrogen-bond donors (Lipinski definition) is 1. The van der Waals surface area contributed by atoms with Crippen molar-refractivity contribution in [3.8, 4) is 5.75 Å². The van der Waals surface area contributed by atoms with E-state index >= 15 is 0 Å². The Balaban J connectivity index is 2.49. The second kappa shape index (κ2) is 4.21. The van der Waals surface area contributed by atoms with Gasteiger partial charge in [-0.05, 0) is 12.1 Å². The summed E-state index contributed by atoms with van der Waals surface area (Å²) in [5.74, 6) is -0.327. The topological polar surface area (TPSA) is 95.5 Å². The first kappa shape index (κ1) is 11.7. The summed E-state index contributed by atoms with van der Waals surface area (Å²) in [5.41, 5.74) is 5.84. The number of carbonyl (C=O) groups excluding carboxylic acids is 1. The van der Waals surface area contributed by atoms with Crippen molar-refractivity contribution in [2.75, 3.05) is 6.61 Å². The van der Waals surface area contributed by atoms with E-state index in [9.17, 15) is 14.9 Å². The van der Waals surface area contributed by atoms with Crippen LogP contribution in [0.4, 0.5) is 0 Å². The number of fused-ring (bicyclic) bond motifs is 1. The van der Waals surface area contributed by atoms with Crippen molar-refractivity contribution < 1.29 is 14.5 Å². The van der Waals surface area contributed by atoms with Crippen LogP contribution in [-0.4, -0.2) is 23.5 Å². The van der Waals surface area contributed by atoms with Crippen molar-refractivity contribution in [3.05, 3.63) is 38.4 Å². The van der Waals surface area contributed by atoms with Crippen LogP contribution < -0.4 is 10.5 Å². The number of primary amides is 1. The molecule has 0 bridgehead atoms. The van der Waals surface area contributed by atoms with Crippen LogP contribution in [0, 0.1) is 10.1 Å². The second-order valence-corrected chi connectivity index (χ2v) is 4.13. The predicted molar refractivity (Wildman–Crippen MR) is 60.0 cm³/mol. The van der Waals surface area contributed by atoms with Crippen LogP contribution in [0.5, 0.6) is 5.75 Å². The van der Waals surface area contributed by atoms with Crippen LogP contribution in [0.2, 0.25) is 5.02 Å². The maximum Gasteiger partial charge on any atom is 0.250 e. The Labute approximate surface area is 101 Å². The highest BCUT2D eigenvalue weighted by Gasteiger charge is 2.32. The first-order chi connectivity index (χ1) is 8.00. The number of nitrogens with zero attached hydrogens (tertiary/aromatic N) is 1. The zero-order chi connectivity index (χ0) is 12.6. The quantitative estimate of drug-likeness (QED) is 0.631. The van der Waals surface area contributed by atoms with Gasteiger partial charge in [0, 0.05) is 22.5 Å². The van der Waals surface area contributed by atoms with E-state index in [-0.39, 0.29) is 18.6 Å². The molecule has 0 aromatic heterocycles. The van der Waals surface area contributed by atoms with Gasteiger partial charge < -0.3 is 10.5 Å². The molecule has 1 heterocycles. The van der Waals surface area contributed by atoms with Crippen molar-refractivity contribution in [2.24, 2.45) is 5.73 Å². The van der Waals surface area contributed by atoms with Crippen LogP contribution in [0.1, 0.15) is 15.9 Å². The van der Waals surface area contributed by atoms with Crippen LogP contribution >= 0.6 is 11.6 Å². The smallest absolute Gasteiger partial charge is 0.250 e. The molecular formula is C10H9ClN2O4. The summed E-state index contributed by atoms with van der Waals surface area (Å²) in [6, 6.07) is 2.07. The minimum absolute atomic E-state index is 0.0536. The number of amides is 1. The Morgan fingerprint density at radius 1 is 1.59 bits per heavy atom. The number of nitrogens with two attached hydrogens (primary N) is 1. The van der Waals surface area contributed by atoms with Crippen LogP contribution in [-0.2, 0) is 6.42 Å². The average Bonchev–Trinajstić information content (AvgIpc) is 2.28. The highest BCUT2D eigenvalue weighted by Crippen LogP contribution is 2.35. The highest BCUT2D eigenvalue weighted by atomic mass is 35.5. The molecule has 1 amide bonds. The van der Waals surface area contributed by atoms with Gasteiger partial charge in [0.05, 0.1) is 5.02 Å². The lowest BCUT2D eigenvalue weighted by Gasteiger charge is -2.22. The summed E-state index contributed by atoms with van der Waals surface area (Å²) in [5, 5.41) is 11.0. The van der Waals surface area contributed by atoms with Gasteiger partial charge in [0.2, 0.25) is 5.91 Å². The summed E-state index contributed by atoms with van der Waals surface area (Å²) < 4.78 is 5.24. The number of nitro groups is 1.